The minimum absolute atomic E-state index is 0.369. The summed E-state index contributed by atoms with van der Waals surface area (Å²) in [6.07, 6.45) is 0.568. The average molecular weight is 221 g/mol. The highest BCUT2D eigenvalue weighted by atomic mass is 16.4. The first kappa shape index (κ1) is 12.2. The fourth-order valence-corrected chi connectivity index (χ4v) is 1.54. The summed E-state index contributed by atoms with van der Waals surface area (Å²) in [5, 5.41) is 9.13. The van der Waals surface area contributed by atoms with Crippen LogP contribution in [0.3, 0.4) is 0 Å². The number of hydrogen-bond donors (Lipinski definition) is 1. The first-order chi connectivity index (χ1) is 7.60. The fourth-order valence-electron chi connectivity index (χ4n) is 1.54. The van der Waals surface area contributed by atoms with E-state index in [1.165, 1.54) is 4.90 Å². The molecule has 0 saturated heterocycles. The highest BCUT2D eigenvalue weighted by Gasteiger charge is 2.24. The summed E-state index contributed by atoms with van der Waals surface area (Å²) in [6.45, 7) is 4.05. The standard InChI is InChI=1S/C12H15NO3/c1-3-13(8-14)11(12(15)16)10-6-4-9(2)5-7-10/h4-8,11H,3H2,1-2H3,(H,15,16). The van der Waals surface area contributed by atoms with Gasteiger partial charge in [0.15, 0.2) is 6.04 Å². The van der Waals surface area contributed by atoms with Crippen molar-refractivity contribution in [3.05, 3.63) is 35.4 Å². The lowest BCUT2D eigenvalue weighted by Gasteiger charge is -2.23. The van der Waals surface area contributed by atoms with Gasteiger partial charge in [-0.25, -0.2) is 4.79 Å². The van der Waals surface area contributed by atoms with E-state index in [2.05, 4.69) is 0 Å². The van der Waals surface area contributed by atoms with E-state index in [0.717, 1.165) is 5.56 Å². The maximum atomic E-state index is 11.1. The number of carboxylic acids is 1. The molecule has 1 N–H and O–H groups in total. The molecule has 86 valence electrons. The van der Waals surface area contributed by atoms with Gasteiger partial charge in [-0.2, -0.15) is 0 Å². The van der Waals surface area contributed by atoms with E-state index in [0.29, 0.717) is 18.5 Å². The Bertz CT molecular complexity index is 372. The zero-order valence-electron chi connectivity index (χ0n) is 9.38. The Hall–Kier alpha value is -1.84. The normalized spacial score (nSPS) is 11.9. The van der Waals surface area contributed by atoms with Crippen LogP contribution in [-0.2, 0) is 9.59 Å². The van der Waals surface area contributed by atoms with Crippen molar-refractivity contribution < 1.29 is 14.7 Å². The van der Waals surface area contributed by atoms with Crippen LogP contribution in [0, 0.1) is 6.92 Å². The van der Waals surface area contributed by atoms with Gasteiger partial charge < -0.3 is 10.0 Å². The van der Waals surface area contributed by atoms with Gasteiger partial charge in [0, 0.05) is 6.54 Å². The molecule has 4 nitrogen and oxygen atoms in total. The minimum atomic E-state index is -1.02. The summed E-state index contributed by atoms with van der Waals surface area (Å²) in [5.74, 6) is -1.02. The highest BCUT2D eigenvalue weighted by molar-refractivity contribution is 5.78. The number of hydrogen-bond acceptors (Lipinski definition) is 2. The van der Waals surface area contributed by atoms with Crippen LogP contribution in [0.1, 0.15) is 24.1 Å². The number of aliphatic carboxylic acids is 1. The second kappa shape index (κ2) is 5.30. The zero-order valence-corrected chi connectivity index (χ0v) is 9.38. The SMILES string of the molecule is CCN(C=O)C(C(=O)O)c1ccc(C)cc1. The van der Waals surface area contributed by atoms with E-state index >= 15 is 0 Å². The molecule has 0 spiro atoms. The van der Waals surface area contributed by atoms with Crippen molar-refractivity contribution in [3.8, 4) is 0 Å². The van der Waals surface area contributed by atoms with Gasteiger partial charge in [0.2, 0.25) is 6.41 Å². The molecule has 4 heteroatoms. The lowest BCUT2D eigenvalue weighted by Crippen LogP contribution is -2.32. The Morgan fingerprint density at radius 1 is 1.44 bits per heavy atom. The number of aryl methyl sites for hydroxylation is 1. The van der Waals surface area contributed by atoms with Crippen LogP contribution >= 0.6 is 0 Å². The van der Waals surface area contributed by atoms with Gasteiger partial charge in [-0.3, -0.25) is 4.79 Å². The molecule has 1 amide bonds. The molecule has 16 heavy (non-hydrogen) atoms. The number of rotatable bonds is 5. The van der Waals surface area contributed by atoms with Crippen LogP contribution in [0.4, 0.5) is 0 Å². The third kappa shape index (κ3) is 2.59. The minimum Gasteiger partial charge on any atom is -0.479 e. The van der Waals surface area contributed by atoms with Crippen LogP contribution < -0.4 is 0 Å². The Morgan fingerprint density at radius 3 is 2.38 bits per heavy atom. The van der Waals surface area contributed by atoms with Crippen molar-refractivity contribution in [2.45, 2.75) is 19.9 Å². The smallest absolute Gasteiger partial charge is 0.331 e. The Morgan fingerprint density at radius 2 is 2.00 bits per heavy atom. The molecule has 0 saturated carbocycles. The van der Waals surface area contributed by atoms with E-state index in [1.54, 1.807) is 19.1 Å². The average Bonchev–Trinajstić information content (AvgIpc) is 2.27. The quantitative estimate of drug-likeness (QED) is 0.768. The van der Waals surface area contributed by atoms with Gasteiger partial charge >= 0.3 is 5.97 Å². The molecule has 0 bridgehead atoms. The fraction of sp³-hybridized carbons (Fsp3) is 0.333. The zero-order chi connectivity index (χ0) is 12.1. The van der Waals surface area contributed by atoms with Crippen molar-refractivity contribution in [3.63, 3.8) is 0 Å². The molecule has 1 atom stereocenters. The van der Waals surface area contributed by atoms with E-state index in [1.807, 2.05) is 19.1 Å². The summed E-state index contributed by atoms with van der Waals surface area (Å²) in [7, 11) is 0. The van der Waals surface area contributed by atoms with Gasteiger partial charge in [-0.05, 0) is 19.4 Å². The van der Waals surface area contributed by atoms with Crippen molar-refractivity contribution >= 4 is 12.4 Å². The van der Waals surface area contributed by atoms with Crippen molar-refractivity contribution in [1.82, 2.24) is 4.90 Å². The molecule has 0 aliphatic heterocycles. The molecule has 0 heterocycles. The summed E-state index contributed by atoms with van der Waals surface area (Å²) < 4.78 is 0. The molecule has 0 aliphatic carbocycles. The van der Waals surface area contributed by atoms with Crippen LogP contribution in [0.25, 0.3) is 0 Å². The van der Waals surface area contributed by atoms with Crippen LogP contribution in [0.15, 0.2) is 24.3 Å². The Labute approximate surface area is 94.5 Å². The largest absolute Gasteiger partial charge is 0.479 e. The van der Waals surface area contributed by atoms with Crippen molar-refractivity contribution in [1.29, 1.82) is 0 Å². The van der Waals surface area contributed by atoms with Gasteiger partial charge in [0.25, 0.3) is 0 Å². The monoisotopic (exact) mass is 221 g/mol. The maximum absolute atomic E-state index is 11.1. The van der Waals surface area contributed by atoms with Crippen LogP contribution in [0.5, 0.6) is 0 Å². The molecular weight excluding hydrogens is 206 g/mol. The Kier molecular flexibility index (Phi) is 4.05. The maximum Gasteiger partial charge on any atom is 0.331 e. The number of likely N-dealkylation sites (N-methyl/N-ethyl adjacent to an activating group) is 1. The summed E-state index contributed by atoms with van der Waals surface area (Å²) in [6, 6.07) is 6.25. The molecule has 1 aromatic rings. The molecule has 0 radical (unpaired) electrons. The summed E-state index contributed by atoms with van der Waals surface area (Å²) >= 11 is 0. The third-order valence-corrected chi connectivity index (χ3v) is 2.46. The van der Waals surface area contributed by atoms with Gasteiger partial charge in [0.1, 0.15) is 0 Å². The molecule has 1 rings (SSSR count). The lowest BCUT2D eigenvalue weighted by atomic mass is 10.0. The number of amides is 1. The van der Waals surface area contributed by atoms with Gasteiger partial charge in [-0.15, -0.1) is 0 Å². The predicted octanol–water partition coefficient (Wildman–Crippen LogP) is 1.60. The highest BCUT2D eigenvalue weighted by Crippen LogP contribution is 2.20. The first-order valence-corrected chi connectivity index (χ1v) is 5.10. The van der Waals surface area contributed by atoms with E-state index in [9.17, 15) is 9.59 Å². The second-order valence-corrected chi connectivity index (χ2v) is 3.59. The Balaban J connectivity index is 3.06. The van der Waals surface area contributed by atoms with Crippen LogP contribution in [0.2, 0.25) is 0 Å². The van der Waals surface area contributed by atoms with Crippen LogP contribution in [-0.4, -0.2) is 28.9 Å². The van der Waals surface area contributed by atoms with Crippen molar-refractivity contribution in [2.24, 2.45) is 0 Å². The molecule has 0 fully saturated rings. The molecular formula is C12H15NO3. The van der Waals surface area contributed by atoms with E-state index < -0.39 is 12.0 Å². The summed E-state index contributed by atoms with van der Waals surface area (Å²) in [4.78, 5) is 23.2. The topological polar surface area (TPSA) is 57.6 Å². The first-order valence-electron chi connectivity index (χ1n) is 5.10. The molecule has 1 aromatic carbocycles. The number of carboxylic acid groups (broad SMARTS) is 1. The van der Waals surface area contributed by atoms with Gasteiger partial charge in [0.05, 0.1) is 0 Å². The second-order valence-electron chi connectivity index (χ2n) is 3.59. The lowest BCUT2D eigenvalue weighted by molar-refractivity contribution is -0.146. The number of carbonyl (C=O) groups excluding carboxylic acids is 1. The summed E-state index contributed by atoms with van der Waals surface area (Å²) in [5.41, 5.74) is 1.68. The van der Waals surface area contributed by atoms with Gasteiger partial charge in [-0.1, -0.05) is 29.8 Å². The molecule has 0 aliphatic rings. The molecule has 1 unspecified atom stereocenters. The number of carbonyl (C=O) groups is 2. The predicted molar refractivity (Wildman–Crippen MR) is 60.0 cm³/mol. The van der Waals surface area contributed by atoms with Crippen molar-refractivity contribution in [2.75, 3.05) is 6.54 Å². The van der Waals surface area contributed by atoms with E-state index in [-0.39, 0.29) is 0 Å². The number of benzene rings is 1. The third-order valence-electron chi connectivity index (χ3n) is 2.46. The molecule has 0 aromatic heterocycles. The number of nitrogens with zero attached hydrogens (tertiary/aromatic N) is 1. The van der Waals surface area contributed by atoms with E-state index in [4.69, 9.17) is 5.11 Å².